The summed E-state index contributed by atoms with van der Waals surface area (Å²) in [5.74, 6) is -0.350. The Labute approximate surface area is 120 Å². The first-order valence-corrected chi connectivity index (χ1v) is 6.76. The molecular weight excluding hydrogens is 260 g/mol. The van der Waals surface area contributed by atoms with Crippen molar-refractivity contribution >= 4 is 12.1 Å². The number of rotatable bonds is 3. The number of carbonyl (C=O) groups excluding carboxylic acids is 2. The van der Waals surface area contributed by atoms with Gasteiger partial charge >= 0.3 is 12.1 Å². The molecule has 0 bridgehead atoms. The lowest BCUT2D eigenvalue weighted by atomic mass is 10.2. The summed E-state index contributed by atoms with van der Waals surface area (Å²) < 4.78 is 9.85. The number of hydrogen-bond acceptors (Lipinski definition) is 5. The van der Waals surface area contributed by atoms with Gasteiger partial charge in [-0.3, -0.25) is 4.90 Å². The largest absolute Gasteiger partial charge is 0.466 e. The highest BCUT2D eigenvalue weighted by Crippen LogP contribution is 2.11. The van der Waals surface area contributed by atoms with Crippen LogP contribution < -0.4 is 0 Å². The van der Waals surface area contributed by atoms with E-state index in [9.17, 15) is 9.59 Å². The van der Waals surface area contributed by atoms with Crippen LogP contribution in [0.3, 0.4) is 0 Å². The molecule has 114 valence electrons. The van der Waals surface area contributed by atoms with Crippen molar-refractivity contribution in [2.45, 2.75) is 26.4 Å². The van der Waals surface area contributed by atoms with E-state index in [0.717, 1.165) is 13.1 Å². The van der Waals surface area contributed by atoms with E-state index >= 15 is 0 Å². The van der Waals surface area contributed by atoms with E-state index in [1.54, 1.807) is 11.0 Å². The number of amides is 1. The Bertz CT molecular complexity index is 366. The van der Waals surface area contributed by atoms with Crippen molar-refractivity contribution in [3.05, 3.63) is 12.2 Å². The van der Waals surface area contributed by atoms with Gasteiger partial charge < -0.3 is 14.4 Å². The zero-order chi connectivity index (χ0) is 15.2. The maximum atomic E-state index is 11.9. The quantitative estimate of drug-likeness (QED) is 0.577. The predicted octanol–water partition coefficient (Wildman–Crippen LogP) is 1.27. The van der Waals surface area contributed by atoms with Crippen LogP contribution in [0.15, 0.2) is 12.2 Å². The third-order valence-electron chi connectivity index (χ3n) is 2.84. The van der Waals surface area contributed by atoms with Gasteiger partial charge in [0, 0.05) is 38.8 Å². The highest BCUT2D eigenvalue weighted by molar-refractivity contribution is 5.81. The lowest BCUT2D eigenvalue weighted by molar-refractivity contribution is -0.134. The molecular formula is C14H24N2O4. The predicted molar refractivity (Wildman–Crippen MR) is 75.4 cm³/mol. The molecule has 6 nitrogen and oxygen atoms in total. The molecule has 1 heterocycles. The molecule has 1 amide bonds. The normalized spacial score (nSPS) is 17.3. The van der Waals surface area contributed by atoms with Crippen LogP contribution in [0, 0.1) is 0 Å². The van der Waals surface area contributed by atoms with Gasteiger partial charge in [-0.1, -0.05) is 6.08 Å². The second-order valence-corrected chi connectivity index (χ2v) is 5.69. The first-order chi connectivity index (χ1) is 9.31. The molecule has 0 atom stereocenters. The van der Waals surface area contributed by atoms with Crippen LogP contribution in [0.1, 0.15) is 20.8 Å². The molecule has 0 unspecified atom stereocenters. The van der Waals surface area contributed by atoms with Crippen molar-refractivity contribution in [1.82, 2.24) is 9.80 Å². The van der Waals surface area contributed by atoms with Gasteiger partial charge in [0.2, 0.25) is 0 Å². The van der Waals surface area contributed by atoms with Crippen molar-refractivity contribution in [1.29, 1.82) is 0 Å². The fraction of sp³-hybridized carbons (Fsp3) is 0.714. The lowest BCUT2D eigenvalue weighted by Crippen LogP contribution is -2.49. The van der Waals surface area contributed by atoms with Crippen LogP contribution in [0.2, 0.25) is 0 Å². The van der Waals surface area contributed by atoms with Crippen molar-refractivity contribution in [3.8, 4) is 0 Å². The molecule has 6 heteroatoms. The summed E-state index contributed by atoms with van der Waals surface area (Å²) in [5.41, 5.74) is -0.461. The number of esters is 1. The standard InChI is InChI=1S/C14H24N2O4/c1-14(2,3)20-13(18)16-10-8-15(9-11-16)7-5-6-12(17)19-4/h5-6H,7-11H2,1-4H3/b6-5-. The number of hydrogen-bond donors (Lipinski definition) is 0. The maximum Gasteiger partial charge on any atom is 0.410 e. The molecule has 0 aromatic carbocycles. The smallest absolute Gasteiger partial charge is 0.410 e. The van der Waals surface area contributed by atoms with Gasteiger partial charge in [0.25, 0.3) is 0 Å². The average molecular weight is 284 g/mol. The second-order valence-electron chi connectivity index (χ2n) is 5.69. The van der Waals surface area contributed by atoms with E-state index in [-0.39, 0.29) is 12.1 Å². The van der Waals surface area contributed by atoms with Crippen molar-refractivity contribution < 1.29 is 19.1 Å². The maximum absolute atomic E-state index is 11.9. The molecule has 1 saturated heterocycles. The van der Waals surface area contributed by atoms with Crippen molar-refractivity contribution in [3.63, 3.8) is 0 Å². The third kappa shape index (κ3) is 6.06. The summed E-state index contributed by atoms with van der Waals surface area (Å²) in [4.78, 5) is 26.7. The van der Waals surface area contributed by atoms with Gasteiger partial charge in [0.1, 0.15) is 5.60 Å². The van der Waals surface area contributed by atoms with Crippen molar-refractivity contribution in [2.75, 3.05) is 39.8 Å². The highest BCUT2D eigenvalue weighted by Gasteiger charge is 2.25. The summed E-state index contributed by atoms with van der Waals surface area (Å²) in [6.07, 6.45) is 2.93. The molecule has 0 aromatic heterocycles. The summed E-state index contributed by atoms with van der Waals surface area (Å²) in [5, 5.41) is 0. The summed E-state index contributed by atoms with van der Waals surface area (Å²) in [6, 6.07) is 0. The molecule has 0 spiro atoms. The van der Waals surface area contributed by atoms with E-state index in [4.69, 9.17) is 4.74 Å². The first kappa shape index (κ1) is 16.5. The van der Waals surface area contributed by atoms with E-state index in [0.29, 0.717) is 19.6 Å². The summed E-state index contributed by atoms with van der Waals surface area (Å²) in [6.45, 7) is 9.07. The minimum Gasteiger partial charge on any atom is -0.466 e. The Balaban J connectivity index is 2.31. The van der Waals surface area contributed by atoms with Crippen LogP contribution in [0.5, 0.6) is 0 Å². The molecule has 0 aromatic rings. The fourth-order valence-electron chi connectivity index (χ4n) is 1.81. The van der Waals surface area contributed by atoms with Gasteiger partial charge in [0.15, 0.2) is 0 Å². The first-order valence-electron chi connectivity index (χ1n) is 6.76. The lowest BCUT2D eigenvalue weighted by Gasteiger charge is -2.35. The minimum absolute atomic E-state index is 0.262. The molecule has 1 aliphatic rings. The third-order valence-corrected chi connectivity index (χ3v) is 2.84. The van der Waals surface area contributed by atoms with Gasteiger partial charge in [-0.25, -0.2) is 9.59 Å². The molecule has 0 saturated carbocycles. The number of piperazine rings is 1. The SMILES string of the molecule is COC(=O)/C=C\CN1CCN(C(=O)OC(C)(C)C)CC1. The molecule has 1 fully saturated rings. The van der Waals surface area contributed by atoms with Gasteiger partial charge in [-0.15, -0.1) is 0 Å². The highest BCUT2D eigenvalue weighted by atomic mass is 16.6. The van der Waals surface area contributed by atoms with E-state index in [2.05, 4.69) is 9.64 Å². The van der Waals surface area contributed by atoms with Crippen molar-refractivity contribution in [2.24, 2.45) is 0 Å². The van der Waals surface area contributed by atoms with E-state index in [1.165, 1.54) is 13.2 Å². The number of methoxy groups -OCH3 is 1. The summed E-state index contributed by atoms with van der Waals surface area (Å²) in [7, 11) is 1.35. The van der Waals surface area contributed by atoms with Gasteiger partial charge in [-0.2, -0.15) is 0 Å². The topological polar surface area (TPSA) is 59.1 Å². The van der Waals surface area contributed by atoms with E-state index in [1.807, 2.05) is 20.8 Å². The number of carbonyl (C=O) groups is 2. The van der Waals surface area contributed by atoms with Crippen LogP contribution in [0.4, 0.5) is 4.79 Å². The Morgan fingerprint density at radius 3 is 2.25 bits per heavy atom. The summed E-state index contributed by atoms with van der Waals surface area (Å²) >= 11 is 0. The van der Waals surface area contributed by atoms with Crippen LogP contribution >= 0.6 is 0 Å². The van der Waals surface area contributed by atoms with E-state index < -0.39 is 5.60 Å². The molecule has 0 N–H and O–H groups in total. The zero-order valence-electron chi connectivity index (χ0n) is 12.7. The molecule has 0 aliphatic carbocycles. The Morgan fingerprint density at radius 2 is 1.75 bits per heavy atom. The minimum atomic E-state index is -0.461. The number of ether oxygens (including phenoxy) is 2. The molecule has 20 heavy (non-hydrogen) atoms. The average Bonchev–Trinajstić information content (AvgIpc) is 2.37. The molecule has 1 aliphatic heterocycles. The van der Waals surface area contributed by atoms with Gasteiger partial charge in [0.05, 0.1) is 7.11 Å². The van der Waals surface area contributed by atoms with Crippen LogP contribution in [-0.4, -0.2) is 67.3 Å². The molecule has 0 radical (unpaired) electrons. The monoisotopic (exact) mass is 284 g/mol. The Morgan fingerprint density at radius 1 is 1.15 bits per heavy atom. The Kier molecular flexibility index (Phi) is 6.01. The number of nitrogens with zero attached hydrogens (tertiary/aromatic N) is 2. The second kappa shape index (κ2) is 7.28. The van der Waals surface area contributed by atoms with Crippen LogP contribution in [-0.2, 0) is 14.3 Å². The zero-order valence-corrected chi connectivity index (χ0v) is 12.7. The Hall–Kier alpha value is -1.56. The fourth-order valence-corrected chi connectivity index (χ4v) is 1.81. The van der Waals surface area contributed by atoms with Crippen LogP contribution in [0.25, 0.3) is 0 Å². The molecule has 1 rings (SSSR count). The van der Waals surface area contributed by atoms with Gasteiger partial charge in [-0.05, 0) is 20.8 Å².